The lowest BCUT2D eigenvalue weighted by Gasteiger charge is -2.41. The first-order valence-corrected chi connectivity index (χ1v) is 13.5. The van der Waals surface area contributed by atoms with Crippen LogP contribution in [0.1, 0.15) is 72.7 Å². The third-order valence-corrected chi connectivity index (χ3v) is 7.19. The molecule has 1 saturated heterocycles. The van der Waals surface area contributed by atoms with Crippen molar-refractivity contribution in [2.75, 3.05) is 19.7 Å². The van der Waals surface area contributed by atoms with Crippen LogP contribution in [-0.2, 0) is 22.6 Å². The number of hydrogen-bond acceptors (Lipinski definition) is 5. The molecule has 8 heteroatoms. The number of amides is 2. The molecule has 2 aliphatic rings. The summed E-state index contributed by atoms with van der Waals surface area (Å²) in [4.78, 5) is 27.7. The molecule has 2 unspecified atom stereocenters. The summed E-state index contributed by atoms with van der Waals surface area (Å²) in [6.07, 6.45) is 2.72. The summed E-state index contributed by atoms with van der Waals surface area (Å²) >= 11 is 0. The van der Waals surface area contributed by atoms with Gasteiger partial charge in [-0.1, -0.05) is 39.0 Å². The van der Waals surface area contributed by atoms with Gasteiger partial charge in [-0.3, -0.25) is 9.59 Å². The first-order chi connectivity index (χ1) is 18.7. The average Bonchev–Trinajstić information content (AvgIpc) is 3.61. The number of ether oxygens (including phenoxy) is 2. The zero-order valence-electron chi connectivity index (χ0n) is 22.7. The molecule has 7 nitrogen and oxygen atoms in total. The number of hydrogen-bond donors (Lipinski definition) is 1. The summed E-state index contributed by atoms with van der Waals surface area (Å²) in [5.74, 6) is 0.715. The van der Waals surface area contributed by atoms with Gasteiger partial charge in [0, 0.05) is 25.1 Å². The van der Waals surface area contributed by atoms with Crippen LogP contribution in [0.4, 0.5) is 4.39 Å². The highest BCUT2D eigenvalue weighted by Gasteiger charge is 2.37. The highest BCUT2D eigenvalue weighted by Crippen LogP contribution is 2.39. The second-order valence-corrected chi connectivity index (χ2v) is 11.2. The maximum absolute atomic E-state index is 14.3. The minimum Gasteiger partial charge on any atom is -0.486 e. The zero-order valence-corrected chi connectivity index (χ0v) is 22.7. The van der Waals surface area contributed by atoms with E-state index in [0.29, 0.717) is 31.0 Å². The summed E-state index contributed by atoms with van der Waals surface area (Å²) < 4.78 is 31.6. The number of benzene rings is 2. The molecule has 3 heterocycles. The van der Waals surface area contributed by atoms with Gasteiger partial charge in [0.2, 0.25) is 5.91 Å². The van der Waals surface area contributed by atoms with Crippen molar-refractivity contribution in [1.82, 2.24) is 10.2 Å². The van der Waals surface area contributed by atoms with Gasteiger partial charge in [-0.2, -0.15) is 0 Å². The van der Waals surface area contributed by atoms with Crippen LogP contribution in [0.25, 0.3) is 0 Å². The van der Waals surface area contributed by atoms with E-state index in [1.807, 2.05) is 49.9 Å². The molecule has 2 aromatic carbocycles. The van der Waals surface area contributed by atoms with Crippen molar-refractivity contribution in [3.8, 4) is 5.75 Å². The first kappa shape index (κ1) is 26.9. The molecule has 0 spiro atoms. The maximum atomic E-state index is 14.3. The van der Waals surface area contributed by atoms with E-state index in [2.05, 4.69) is 5.32 Å². The van der Waals surface area contributed by atoms with Crippen molar-refractivity contribution in [1.29, 1.82) is 0 Å². The normalized spacial score (nSPS) is 19.0. The predicted molar refractivity (Wildman–Crippen MR) is 144 cm³/mol. The fraction of sp³-hybridized carbons (Fsp3) is 0.419. The smallest absolute Gasteiger partial charge is 0.287 e. The van der Waals surface area contributed by atoms with Gasteiger partial charge in [-0.25, -0.2) is 4.39 Å². The van der Waals surface area contributed by atoms with Gasteiger partial charge in [0.05, 0.1) is 12.1 Å². The van der Waals surface area contributed by atoms with E-state index < -0.39 is 11.5 Å². The lowest BCUT2D eigenvalue weighted by Crippen LogP contribution is -2.45. The molecule has 0 aliphatic carbocycles. The fourth-order valence-electron chi connectivity index (χ4n) is 5.20. The lowest BCUT2D eigenvalue weighted by atomic mass is 9.85. The minimum atomic E-state index is -0.579. The number of fused-ring (bicyclic) bond motifs is 1. The summed E-state index contributed by atoms with van der Waals surface area (Å²) in [5, 5.41) is 2.85. The van der Waals surface area contributed by atoms with Crippen LogP contribution in [0.5, 0.6) is 5.75 Å². The molecule has 1 N–H and O–H groups in total. The summed E-state index contributed by atoms with van der Waals surface area (Å²) in [6.45, 7) is 7.57. The van der Waals surface area contributed by atoms with Crippen molar-refractivity contribution in [2.45, 2.75) is 58.8 Å². The molecular formula is C31H35FN2O5. The molecule has 1 aromatic heterocycles. The molecular weight excluding hydrogens is 499 g/mol. The Morgan fingerprint density at radius 1 is 1.13 bits per heavy atom. The molecule has 1 fully saturated rings. The standard InChI is InChI=1S/C31H35FN2O5/c1-31(2,3)30(36)34-14-13-20-9-10-23(17-26(20)28(34)21-6-4-7-22(32)16-21)38-19-25-11-12-27(39-25)29(35)33-18-24-8-5-15-37-24/h4,6-7,9-12,16-17,24,28H,5,8,13-15,18-19H2,1-3H3,(H,33,35). The van der Waals surface area contributed by atoms with E-state index >= 15 is 0 Å². The van der Waals surface area contributed by atoms with Crippen molar-refractivity contribution < 1.29 is 27.9 Å². The SMILES string of the molecule is CC(C)(C)C(=O)N1CCc2ccc(OCc3ccc(C(=O)NCC4CCCO4)o3)cc2C1c1cccc(F)c1. The highest BCUT2D eigenvalue weighted by atomic mass is 19.1. The van der Waals surface area contributed by atoms with Crippen LogP contribution in [0.3, 0.4) is 0 Å². The number of nitrogens with zero attached hydrogens (tertiary/aromatic N) is 1. The zero-order chi connectivity index (χ0) is 27.6. The van der Waals surface area contributed by atoms with E-state index in [0.717, 1.165) is 36.1 Å². The van der Waals surface area contributed by atoms with Gasteiger partial charge >= 0.3 is 0 Å². The molecule has 0 bridgehead atoms. The topological polar surface area (TPSA) is 81.0 Å². The van der Waals surface area contributed by atoms with Crippen LogP contribution in [-0.4, -0.2) is 42.5 Å². The number of carbonyl (C=O) groups excluding carboxylic acids is 2. The maximum Gasteiger partial charge on any atom is 0.287 e. The molecule has 2 aliphatic heterocycles. The van der Waals surface area contributed by atoms with Crippen LogP contribution in [0, 0.1) is 11.2 Å². The molecule has 0 radical (unpaired) electrons. The molecule has 2 atom stereocenters. The Morgan fingerprint density at radius 2 is 1.97 bits per heavy atom. The van der Waals surface area contributed by atoms with E-state index in [-0.39, 0.29) is 36.1 Å². The number of halogens is 1. The van der Waals surface area contributed by atoms with Crippen LogP contribution in [0.2, 0.25) is 0 Å². The number of nitrogens with one attached hydrogen (secondary N) is 1. The van der Waals surface area contributed by atoms with Gasteiger partial charge in [-0.15, -0.1) is 0 Å². The van der Waals surface area contributed by atoms with Crippen LogP contribution >= 0.6 is 0 Å². The van der Waals surface area contributed by atoms with Crippen LogP contribution in [0.15, 0.2) is 59.0 Å². The van der Waals surface area contributed by atoms with Gasteiger partial charge in [0.15, 0.2) is 5.76 Å². The minimum absolute atomic E-state index is 0.00891. The van der Waals surface area contributed by atoms with E-state index in [1.165, 1.54) is 12.1 Å². The largest absolute Gasteiger partial charge is 0.486 e. The monoisotopic (exact) mass is 534 g/mol. The molecule has 0 saturated carbocycles. The third kappa shape index (κ3) is 6.17. The Hall–Kier alpha value is -3.65. The van der Waals surface area contributed by atoms with Crippen molar-refractivity contribution in [3.05, 3.63) is 88.6 Å². The Bertz CT molecular complexity index is 1340. The number of rotatable bonds is 7. The predicted octanol–water partition coefficient (Wildman–Crippen LogP) is 5.43. The van der Waals surface area contributed by atoms with E-state index in [1.54, 1.807) is 18.2 Å². The lowest BCUT2D eigenvalue weighted by molar-refractivity contribution is -0.141. The van der Waals surface area contributed by atoms with Gasteiger partial charge < -0.3 is 24.1 Å². The molecule has 206 valence electrons. The average molecular weight is 535 g/mol. The Balaban J connectivity index is 1.32. The van der Waals surface area contributed by atoms with Crippen LogP contribution < -0.4 is 10.1 Å². The van der Waals surface area contributed by atoms with E-state index in [9.17, 15) is 14.0 Å². The summed E-state index contributed by atoms with van der Waals surface area (Å²) in [6, 6.07) is 15.2. The number of furan rings is 1. The molecule has 5 rings (SSSR count). The highest BCUT2D eigenvalue weighted by molar-refractivity contribution is 5.91. The molecule has 2 amide bonds. The Kier molecular flexibility index (Phi) is 7.75. The van der Waals surface area contributed by atoms with Gasteiger partial charge in [0.25, 0.3) is 5.91 Å². The second kappa shape index (κ2) is 11.2. The third-order valence-electron chi connectivity index (χ3n) is 7.19. The molecule has 39 heavy (non-hydrogen) atoms. The van der Waals surface area contributed by atoms with Crippen molar-refractivity contribution in [2.24, 2.45) is 5.41 Å². The Morgan fingerprint density at radius 3 is 2.72 bits per heavy atom. The second-order valence-electron chi connectivity index (χ2n) is 11.2. The van der Waals surface area contributed by atoms with Gasteiger partial charge in [0.1, 0.15) is 23.9 Å². The van der Waals surface area contributed by atoms with Crippen molar-refractivity contribution >= 4 is 11.8 Å². The van der Waals surface area contributed by atoms with E-state index in [4.69, 9.17) is 13.9 Å². The summed E-state index contributed by atoms with van der Waals surface area (Å²) in [7, 11) is 0. The molecule has 3 aromatic rings. The first-order valence-electron chi connectivity index (χ1n) is 13.5. The van der Waals surface area contributed by atoms with Crippen molar-refractivity contribution in [3.63, 3.8) is 0 Å². The fourth-order valence-corrected chi connectivity index (χ4v) is 5.20. The summed E-state index contributed by atoms with van der Waals surface area (Å²) in [5.41, 5.74) is 2.15. The Labute approximate surface area is 228 Å². The number of carbonyl (C=O) groups is 2. The quantitative estimate of drug-likeness (QED) is 0.437. The van der Waals surface area contributed by atoms with Gasteiger partial charge in [-0.05, 0) is 72.4 Å².